The summed E-state index contributed by atoms with van der Waals surface area (Å²) in [4.78, 5) is 24.4. The van der Waals surface area contributed by atoms with Crippen molar-refractivity contribution in [3.63, 3.8) is 0 Å². The van der Waals surface area contributed by atoms with E-state index < -0.39 is 18.4 Å². The van der Waals surface area contributed by atoms with Crippen molar-refractivity contribution in [3.05, 3.63) is 47.9 Å². The van der Waals surface area contributed by atoms with Crippen molar-refractivity contribution in [1.29, 1.82) is 0 Å². The third-order valence-corrected chi connectivity index (χ3v) is 2.72. The number of hydrogen-bond acceptors (Lipinski definition) is 4. The number of hydrogen-bond donors (Lipinski definition) is 2. The molecule has 1 aromatic heterocycles. The lowest BCUT2D eigenvalue weighted by molar-refractivity contribution is -0.135. The van der Waals surface area contributed by atoms with Gasteiger partial charge in [-0.15, -0.1) is 0 Å². The third-order valence-electron chi connectivity index (χ3n) is 2.72. The summed E-state index contributed by atoms with van der Waals surface area (Å²) in [6, 6.07) is 9.73. The molecule has 1 aromatic carbocycles. The van der Waals surface area contributed by atoms with Gasteiger partial charge < -0.3 is 15.3 Å². The Morgan fingerprint density at radius 2 is 1.95 bits per heavy atom. The second-order valence-electron chi connectivity index (χ2n) is 4.25. The van der Waals surface area contributed by atoms with Crippen LogP contribution in [0.4, 0.5) is 11.4 Å². The molecular formula is C14H14N2O4. The highest BCUT2D eigenvalue weighted by molar-refractivity contribution is 6.08. The molecule has 0 atom stereocenters. The molecule has 6 nitrogen and oxygen atoms in total. The maximum atomic E-state index is 12.4. The Hall–Kier alpha value is -2.76. The monoisotopic (exact) mass is 274 g/mol. The lowest BCUT2D eigenvalue weighted by Crippen LogP contribution is -2.36. The molecule has 1 amide bonds. The number of carbonyl (C=O) groups is 2. The molecule has 20 heavy (non-hydrogen) atoms. The molecule has 2 aromatic rings. The first-order chi connectivity index (χ1) is 9.49. The van der Waals surface area contributed by atoms with Crippen LogP contribution in [-0.2, 0) is 4.79 Å². The SMILES string of the molecule is Cc1ccc(C(=O)N(CC(=O)O)c2ccccc2N)o1. The predicted octanol–water partition coefficient (Wildman–Crippen LogP) is 1.90. The van der Waals surface area contributed by atoms with E-state index in [-0.39, 0.29) is 5.76 Å². The molecule has 104 valence electrons. The molecule has 3 N–H and O–H groups in total. The van der Waals surface area contributed by atoms with Crippen LogP contribution in [0, 0.1) is 6.92 Å². The molecule has 0 aliphatic rings. The van der Waals surface area contributed by atoms with E-state index in [9.17, 15) is 9.59 Å². The zero-order valence-corrected chi connectivity index (χ0v) is 10.9. The van der Waals surface area contributed by atoms with Gasteiger partial charge in [0.1, 0.15) is 12.3 Å². The minimum atomic E-state index is -1.13. The topological polar surface area (TPSA) is 96.8 Å². The molecular weight excluding hydrogens is 260 g/mol. The highest BCUT2D eigenvalue weighted by Crippen LogP contribution is 2.24. The van der Waals surface area contributed by atoms with Crippen molar-refractivity contribution in [1.82, 2.24) is 0 Å². The summed E-state index contributed by atoms with van der Waals surface area (Å²) in [5.41, 5.74) is 6.47. The summed E-state index contributed by atoms with van der Waals surface area (Å²) in [6.07, 6.45) is 0. The van der Waals surface area contributed by atoms with Gasteiger partial charge >= 0.3 is 5.97 Å². The fourth-order valence-electron chi connectivity index (χ4n) is 1.82. The first-order valence-electron chi connectivity index (χ1n) is 5.93. The van der Waals surface area contributed by atoms with Crippen molar-refractivity contribution in [2.75, 3.05) is 17.2 Å². The molecule has 0 radical (unpaired) electrons. The maximum Gasteiger partial charge on any atom is 0.323 e. The van der Waals surface area contributed by atoms with Gasteiger partial charge in [0.15, 0.2) is 5.76 Å². The standard InChI is InChI=1S/C14H14N2O4/c1-9-6-7-12(20-9)14(19)16(8-13(17)18)11-5-3-2-4-10(11)15/h2-7H,8,15H2,1H3,(H,17,18). The average Bonchev–Trinajstić information content (AvgIpc) is 2.82. The molecule has 0 bridgehead atoms. The third kappa shape index (κ3) is 2.80. The number of anilines is 2. The van der Waals surface area contributed by atoms with Gasteiger partial charge in [-0.2, -0.15) is 0 Å². The average molecular weight is 274 g/mol. The van der Waals surface area contributed by atoms with E-state index in [0.717, 1.165) is 4.90 Å². The lowest BCUT2D eigenvalue weighted by atomic mass is 10.2. The number of para-hydroxylation sites is 2. The van der Waals surface area contributed by atoms with E-state index in [4.69, 9.17) is 15.3 Å². The van der Waals surface area contributed by atoms with Gasteiger partial charge in [0.25, 0.3) is 5.91 Å². The Bertz CT molecular complexity index is 648. The van der Waals surface area contributed by atoms with Crippen molar-refractivity contribution >= 4 is 23.3 Å². The number of benzene rings is 1. The van der Waals surface area contributed by atoms with E-state index >= 15 is 0 Å². The van der Waals surface area contributed by atoms with Gasteiger partial charge in [0.2, 0.25) is 0 Å². The van der Waals surface area contributed by atoms with Crippen LogP contribution in [0.2, 0.25) is 0 Å². The number of aliphatic carboxylic acids is 1. The molecule has 1 heterocycles. The maximum absolute atomic E-state index is 12.4. The second-order valence-corrected chi connectivity index (χ2v) is 4.25. The summed E-state index contributed by atoms with van der Waals surface area (Å²) < 4.78 is 5.24. The number of carboxylic acid groups (broad SMARTS) is 1. The first kappa shape index (κ1) is 13.7. The Morgan fingerprint density at radius 3 is 2.50 bits per heavy atom. The van der Waals surface area contributed by atoms with Crippen LogP contribution in [0.25, 0.3) is 0 Å². The zero-order chi connectivity index (χ0) is 14.7. The number of carboxylic acids is 1. The van der Waals surface area contributed by atoms with Crippen molar-refractivity contribution in [2.24, 2.45) is 0 Å². The van der Waals surface area contributed by atoms with Gasteiger partial charge in [0, 0.05) is 0 Å². The van der Waals surface area contributed by atoms with E-state index in [1.165, 1.54) is 6.07 Å². The van der Waals surface area contributed by atoms with Crippen LogP contribution in [0.5, 0.6) is 0 Å². The van der Waals surface area contributed by atoms with Gasteiger partial charge in [0.05, 0.1) is 11.4 Å². The molecule has 0 saturated heterocycles. The van der Waals surface area contributed by atoms with Crippen LogP contribution in [0.3, 0.4) is 0 Å². The fraction of sp³-hybridized carbons (Fsp3) is 0.143. The summed E-state index contributed by atoms with van der Waals surface area (Å²) in [7, 11) is 0. The summed E-state index contributed by atoms with van der Waals surface area (Å²) in [5, 5.41) is 8.97. The Kier molecular flexibility index (Phi) is 3.74. The van der Waals surface area contributed by atoms with Crippen LogP contribution in [0.1, 0.15) is 16.3 Å². The number of nitrogens with zero attached hydrogens (tertiary/aromatic N) is 1. The molecule has 0 aliphatic carbocycles. The molecule has 0 fully saturated rings. The Labute approximate surface area is 115 Å². The summed E-state index contributed by atoms with van der Waals surface area (Å²) in [5.74, 6) is -1.03. The number of carbonyl (C=O) groups excluding carboxylic acids is 1. The largest absolute Gasteiger partial charge is 0.480 e. The number of furan rings is 1. The number of aryl methyl sites for hydroxylation is 1. The van der Waals surface area contributed by atoms with Crippen molar-refractivity contribution < 1.29 is 19.1 Å². The number of nitrogen functional groups attached to an aromatic ring is 1. The molecule has 0 spiro atoms. The number of rotatable bonds is 4. The second kappa shape index (κ2) is 5.48. The van der Waals surface area contributed by atoms with Crippen LogP contribution >= 0.6 is 0 Å². The van der Waals surface area contributed by atoms with E-state index in [1.54, 1.807) is 37.3 Å². The van der Waals surface area contributed by atoms with Crippen LogP contribution in [0.15, 0.2) is 40.8 Å². The zero-order valence-electron chi connectivity index (χ0n) is 10.9. The molecule has 0 unspecified atom stereocenters. The van der Waals surface area contributed by atoms with E-state index in [1.807, 2.05) is 0 Å². The Balaban J connectivity index is 2.40. The molecule has 6 heteroatoms. The quantitative estimate of drug-likeness (QED) is 0.830. The van der Waals surface area contributed by atoms with Crippen LogP contribution in [-0.4, -0.2) is 23.5 Å². The smallest absolute Gasteiger partial charge is 0.323 e. The minimum Gasteiger partial charge on any atom is -0.480 e. The van der Waals surface area contributed by atoms with E-state index in [0.29, 0.717) is 17.1 Å². The summed E-state index contributed by atoms with van der Waals surface area (Å²) >= 11 is 0. The van der Waals surface area contributed by atoms with Gasteiger partial charge in [-0.3, -0.25) is 14.5 Å². The van der Waals surface area contributed by atoms with Gasteiger partial charge in [-0.1, -0.05) is 12.1 Å². The normalized spacial score (nSPS) is 10.2. The highest BCUT2D eigenvalue weighted by atomic mass is 16.4. The van der Waals surface area contributed by atoms with Crippen LogP contribution < -0.4 is 10.6 Å². The highest BCUT2D eigenvalue weighted by Gasteiger charge is 2.24. The fourth-order valence-corrected chi connectivity index (χ4v) is 1.82. The lowest BCUT2D eigenvalue weighted by Gasteiger charge is -2.21. The Morgan fingerprint density at radius 1 is 1.25 bits per heavy atom. The van der Waals surface area contributed by atoms with Crippen molar-refractivity contribution in [3.8, 4) is 0 Å². The number of amides is 1. The molecule has 2 rings (SSSR count). The number of nitrogens with two attached hydrogens (primary N) is 1. The predicted molar refractivity (Wildman–Crippen MR) is 73.6 cm³/mol. The molecule has 0 saturated carbocycles. The van der Waals surface area contributed by atoms with E-state index in [2.05, 4.69) is 0 Å². The molecule has 0 aliphatic heterocycles. The summed E-state index contributed by atoms with van der Waals surface area (Å²) in [6.45, 7) is 1.21. The van der Waals surface area contributed by atoms with Gasteiger partial charge in [-0.25, -0.2) is 0 Å². The first-order valence-corrected chi connectivity index (χ1v) is 5.93. The minimum absolute atomic E-state index is 0.0759. The van der Waals surface area contributed by atoms with Crippen molar-refractivity contribution in [2.45, 2.75) is 6.92 Å². The van der Waals surface area contributed by atoms with Gasteiger partial charge in [-0.05, 0) is 31.2 Å².